The molecular weight excluding hydrogens is 392 g/mol. The minimum atomic E-state index is -0.718. The molecule has 0 fully saturated rings. The van der Waals surface area contributed by atoms with Gasteiger partial charge in [0.25, 0.3) is 5.91 Å². The third-order valence-corrected chi connectivity index (χ3v) is 5.55. The van der Waals surface area contributed by atoms with Crippen LogP contribution in [0.2, 0.25) is 0 Å². The van der Waals surface area contributed by atoms with E-state index >= 15 is 0 Å². The van der Waals surface area contributed by atoms with Gasteiger partial charge in [-0.2, -0.15) is 0 Å². The smallest absolute Gasteiger partial charge is 0.252 e. The van der Waals surface area contributed by atoms with Gasteiger partial charge in [0.05, 0.1) is 27.4 Å². The zero-order valence-electron chi connectivity index (χ0n) is 17.8. The van der Waals surface area contributed by atoms with Crippen molar-refractivity contribution in [2.45, 2.75) is 39.8 Å². The fourth-order valence-corrected chi connectivity index (χ4v) is 4.08. The molecule has 0 saturated carbocycles. The van der Waals surface area contributed by atoms with Crippen LogP contribution in [0.5, 0.6) is 17.2 Å². The molecule has 0 saturated heterocycles. The Morgan fingerprint density at radius 1 is 0.931 bits per heavy atom. The summed E-state index contributed by atoms with van der Waals surface area (Å²) in [6.45, 7) is 7.64. The van der Waals surface area contributed by atoms with Crippen molar-refractivity contribution in [2.75, 3.05) is 21.3 Å². The normalized spacial score (nSPS) is 12.7. The number of carbonyl (C=O) groups is 2. The Morgan fingerprint density at radius 3 is 1.97 bits per heavy atom. The molecule has 2 rings (SSSR count). The van der Waals surface area contributed by atoms with Crippen LogP contribution in [0.3, 0.4) is 0 Å². The lowest BCUT2D eigenvalue weighted by molar-refractivity contribution is -0.123. The van der Waals surface area contributed by atoms with Crippen LogP contribution in [0.1, 0.15) is 45.6 Å². The number of thiophene rings is 1. The lowest BCUT2D eigenvalue weighted by Crippen LogP contribution is -2.45. The minimum Gasteiger partial charge on any atom is -0.493 e. The van der Waals surface area contributed by atoms with Crippen molar-refractivity contribution in [1.82, 2.24) is 10.6 Å². The van der Waals surface area contributed by atoms with Gasteiger partial charge >= 0.3 is 0 Å². The van der Waals surface area contributed by atoms with Gasteiger partial charge in [0.15, 0.2) is 11.5 Å². The summed E-state index contributed by atoms with van der Waals surface area (Å²) < 4.78 is 15.8. The van der Waals surface area contributed by atoms with Crippen LogP contribution < -0.4 is 24.8 Å². The highest BCUT2D eigenvalue weighted by Crippen LogP contribution is 2.38. The van der Waals surface area contributed by atoms with E-state index in [9.17, 15) is 9.59 Å². The summed E-state index contributed by atoms with van der Waals surface area (Å²) in [4.78, 5) is 27.6. The molecule has 2 N–H and O–H groups in total. The fourth-order valence-electron chi connectivity index (χ4n) is 3.05. The number of methoxy groups -OCH3 is 3. The molecular formula is C21H28N2O5S. The second kappa shape index (κ2) is 9.65. The van der Waals surface area contributed by atoms with Gasteiger partial charge in [-0.3, -0.25) is 9.59 Å². The Bertz CT molecular complexity index is 868. The van der Waals surface area contributed by atoms with Crippen LogP contribution in [0.15, 0.2) is 18.2 Å². The maximum atomic E-state index is 12.7. The van der Waals surface area contributed by atoms with E-state index in [0.717, 1.165) is 5.56 Å². The summed E-state index contributed by atoms with van der Waals surface area (Å²) in [5, 5.41) is 5.67. The molecule has 0 aliphatic heterocycles. The summed E-state index contributed by atoms with van der Waals surface area (Å²) >= 11 is 1.70. The third kappa shape index (κ3) is 5.20. The molecule has 0 bridgehead atoms. The number of rotatable bonds is 8. The lowest BCUT2D eigenvalue weighted by Gasteiger charge is -2.19. The molecule has 1 aromatic heterocycles. The SMILES string of the molecule is COc1cc(C(=O)N[C@H](C)C(=O)N[C@H](C)c2cc(C)sc2C)cc(OC)c1OC. The van der Waals surface area contributed by atoms with Gasteiger partial charge in [-0.1, -0.05) is 0 Å². The van der Waals surface area contributed by atoms with E-state index < -0.39 is 11.9 Å². The number of aryl methyl sites for hydroxylation is 2. The zero-order valence-corrected chi connectivity index (χ0v) is 18.7. The van der Waals surface area contributed by atoms with Gasteiger partial charge in [-0.25, -0.2) is 0 Å². The van der Waals surface area contributed by atoms with Crippen molar-refractivity contribution in [2.24, 2.45) is 0 Å². The molecule has 2 atom stereocenters. The van der Waals surface area contributed by atoms with Gasteiger partial charge in [-0.05, 0) is 51.5 Å². The highest BCUT2D eigenvalue weighted by molar-refractivity contribution is 7.12. The van der Waals surface area contributed by atoms with E-state index in [4.69, 9.17) is 14.2 Å². The van der Waals surface area contributed by atoms with Crippen molar-refractivity contribution in [3.63, 3.8) is 0 Å². The quantitative estimate of drug-likeness (QED) is 0.684. The summed E-state index contributed by atoms with van der Waals surface area (Å²) in [5.74, 6) is 0.452. The van der Waals surface area contributed by atoms with Crippen LogP contribution in [0.25, 0.3) is 0 Å². The molecule has 2 aromatic rings. The van der Waals surface area contributed by atoms with Crippen molar-refractivity contribution in [3.8, 4) is 17.2 Å². The molecule has 0 radical (unpaired) electrons. The second-order valence-electron chi connectivity index (χ2n) is 6.71. The number of hydrogen-bond acceptors (Lipinski definition) is 6. The van der Waals surface area contributed by atoms with Gasteiger partial charge in [-0.15, -0.1) is 11.3 Å². The Balaban J connectivity index is 2.09. The molecule has 0 spiro atoms. The molecule has 29 heavy (non-hydrogen) atoms. The van der Waals surface area contributed by atoms with E-state index in [0.29, 0.717) is 22.8 Å². The topological polar surface area (TPSA) is 85.9 Å². The van der Waals surface area contributed by atoms with E-state index in [2.05, 4.69) is 16.7 Å². The Hall–Kier alpha value is -2.74. The van der Waals surface area contributed by atoms with Crippen LogP contribution in [-0.4, -0.2) is 39.2 Å². The number of amides is 2. The molecule has 0 aliphatic carbocycles. The number of carbonyl (C=O) groups excluding carboxylic acids is 2. The first-order valence-electron chi connectivity index (χ1n) is 9.20. The summed E-state index contributed by atoms with van der Waals surface area (Å²) in [5.41, 5.74) is 1.39. The van der Waals surface area contributed by atoms with Crippen LogP contribution in [0, 0.1) is 13.8 Å². The van der Waals surface area contributed by atoms with E-state index in [1.807, 2.05) is 20.8 Å². The Kier molecular flexibility index (Phi) is 7.50. The van der Waals surface area contributed by atoms with Gasteiger partial charge in [0.1, 0.15) is 6.04 Å². The molecule has 1 heterocycles. The van der Waals surface area contributed by atoms with Gasteiger partial charge < -0.3 is 24.8 Å². The van der Waals surface area contributed by atoms with Gasteiger partial charge in [0.2, 0.25) is 11.7 Å². The van der Waals surface area contributed by atoms with Gasteiger partial charge in [0, 0.05) is 15.3 Å². The summed E-state index contributed by atoms with van der Waals surface area (Å²) in [7, 11) is 4.44. The van der Waals surface area contributed by atoms with Crippen molar-refractivity contribution in [1.29, 1.82) is 0 Å². The van der Waals surface area contributed by atoms with Crippen molar-refractivity contribution >= 4 is 23.2 Å². The molecule has 2 amide bonds. The molecule has 0 unspecified atom stereocenters. The van der Waals surface area contributed by atoms with Crippen LogP contribution in [-0.2, 0) is 4.79 Å². The molecule has 7 nitrogen and oxygen atoms in total. The highest BCUT2D eigenvalue weighted by atomic mass is 32.1. The third-order valence-electron chi connectivity index (χ3n) is 4.57. The van der Waals surface area contributed by atoms with Crippen LogP contribution in [0.4, 0.5) is 0 Å². The van der Waals surface area contributed by atoms with E-state index in [1.54, 1.807) is 30.4 Å². The Morgan fingerprint density at radius 2 is 1.52 bits per heavy atom. The second-order valence-corrected chi connectivity index (χ2v) is 8.17. The number of ether oxygens (including phenoxy) is 3. The highest BCUT2D eigenvalue weighted by Gasteiger charge is 2.22. The first-order valence-corrected chi connectivity index (χ1v) is 10.0. The van der Waals surface area contributed by atoms with Crippen molar-refractivity contribution < 1.29 is 23.8 Å². The monoisotopic (exact) mass is 420 g/mol. The largest absolute Gasteiger partial charge is 0.493 e. The number of hydrogen-bond donors (Lipinski definition) is 2. The average Bonchev–Trinajstić information content (AvgIpc) is 3.04. The number of benzene rings is 1. The zero-order chi connectivity index (χ0) is 21.7. The fraction of sp³-hybridized carbons (Fsp3) is 0.429. The molecule has 8 heteroatoms. The first-order chi connectivity index (χ1) is 13.7. The summed E-state index contributed by atoms with van der Waals surface area (Å²) in [6, 6.07) is 4.30. The average molecular weight is 421 g/mol. The number of nitrogens with one attached hydrogen (secondary N) is 2. The predicted molar refractivity (Wildman–Crippen MR) is 113 cm³/mol. The molecule has 0 aliphatic rings. The lowest BCUT2D eigenvalue weighted by atomic mass is 10.1. The maximum Gasteiger partial charge on any atom is 0.252 e. The molecule has 158 valence electrons. The van der Waals surface area contributed by atoms with Crippen LogP contribution >= 0.6 is 11.3 Å². The van der Waals surface area contributed by atoms with E-state index in [1.165, 1.54) is 31.1 Å². The molecule has 1 aromatic carbocycles. The maximum absolute atomic E-state index is 12.7. The van der Waals surface area contributed by atoms with E-state index in [-0.39, 0.29) is 11.9 Å². The standard InChI is InChI=1S/C21H28N2O5S/c1-11-8-16(14(4)29-11)12(2)22-20(24)13(3)23-21(25)15-9-17(26-5)19(28-7)18(10-15)27-6/h8-10,12-13H,1-7H3,(H,22,24)(H,23,25)/t12-,13-/m1/s1. The minimum absolute atomic E-state index is 0.145. The summed E-state index contributed by atoms with van der Waals surface area (Å²) in [6.07, 6.45) is 0. The first kappa shape index (κ1) is 22.5. The Labute approximate surface area is 175 Å². The predicted octanol–water partition coefficient (Wildman–Crippen LogP) is 3.39. The van der Waals surface area contributed by atoms with Crippen molar-refractivity contribution in [3.05, 3.63) is 39.1 Å².